The highest BCUT2D eigenvalue weighted by Crippen LogP contribution is 2.32. The Bertz CT molecular complexity index is 1480. The zero-order valence-electron chi connectivity index (χ0n) is 23.4. The van der Waals surface area contributed by atoms with Crippen LogP contribution >= 0.6 is 0 Å². The van der Waals surface area contributed by atoms with Crippen LogP contribution in [-0.2, 0) is 4.79 Å². The van der Waals surface area contributed by atoms with Gasteiger partial charge in [0.1, 0.15) is 12.0 Å². The van der Waals surface area contributed by atoms with Gasteiger partial charge in [-0.2, -0.15) is 0 Å². The number of oxazole rings is 1. The number of hydrogen-bond donors (Lipinski definition) is 2. The van der Waals surface area contributed by atoms with Crippen LogP contribution in [0.4, 0.5) is 22.7 Å². The molecule has 0 atom stereocenters. The van der Waals surface area contributed by atoms with Crippen molar-refractivity contribution in [2.45, 2.75) is 26.2 Å². The summed E-state index contributed by atoms with van der Waals surface area (Å²) in [4.78, 5) is 58.9. The summed E-state index contributed by atoms with van der Waals surface area (Å²) in [5.74, 6) is -0.250. The summed E-state index contributed by atoms with van der Waals surface area (Å²) in [6, 6.07) is 11.8. The summed E-state index contributed by atoms with van der Waals surface area (Å²) in [7, 11) is 0. The van der Waals surface area contributed by atoms with E-state index in [2.05, 4.69) is 20.5 Å². The second kappa shape index (κ2) is 12.7. The van der Waals surface area contributed by atoms with Gasteiger partial charge in [0.2, 0.25) is 5.91 Å². The lowest BCUT2D eigenvalue weighted by Gasteiger charge is -2.37. The molecule has 2 aliphatic rings. The molecule has 13 nitrogen and oxygen atoms in total. The second-order valence-corrected chi connectivity index (χ2v) is 10.3. The van der Waals surface area contributed by atoms with Crippen molar-refractivity contribution in [3.8, 4) is 0 Å². The van der Waals surface area contributed by atoms with Gasteiger partial charge >= 0.3 is 0 Å². The monoisotopic (exact) mass is 575 g/mol. The molecule has 0 aliphatic carbocycles. The van der Waals surface area contributed by atoms with E-state index >= 15 is 0 Å². The van der Waals surface area contributed by atoms with E-state index in [0.29, 0.717) is 74.9 Å². The fraction of sp³-hybridized carbons (Fsp3) is 0.379. The molecule has 2 aromatic carbocycles. The Kier molecular flexibility index (Phi) is 8.65. The van der Waals surface area contributed by atoms with Crippen LogP contribution in [0.5, 0.6) is 0 Å². The zero-order valence-corrected chi connectivity index (χ0v) is 23.4. The quantitative estimate of drug-likeness (QED) is 0.211. The van der Waals surface area contributed by atoms with Crippen LogP contribution in [0.1, 0.15) is 46.0 Å². The van der Waals surface area contributed by atoms with Gasteiger partial charge in [-0.25, -0.2) is 4.98 Å². The first-order valence-corrected chi connectivity index (χ1v) is 14.0. The molecule has 0 saturated carbocycles. The van der Waals surface area contributed by atoms with E-state index in [9.17, 15) is 24.5 Å². The Morgan fingerprint density at radius 3 is 2.43 bits per heavy atom. The van der Waals surface area contributed by atoms with Crippen LogP contribution in [-0.4, -0.2) is 78.3 Å². The van der Waals surface area contributed by atoms with Crippen molar-refractivity contribution < 1.29 is 23.7 Å². The Morgan fingerprint density at radius 2 is 1.76 bits per heavy atom. The molecule has 2 saturated heterocycles. The summed E-state index contributed by atoms with van der Waals surface area (Å²) in [5, 5.41) is 17.3. The Labute approximate surface area is 242 Å². The molecular weight excluding hydrogens is 542 g/mol. The van der Waals surface area contributed by atoms with Crippen molar-refractivity contribution in [3.63, 3.8) is 0 Å². The van der Waals surface area contributed by atoms with Crippen LogP contribution in [0.2, 0.25) is 0 Å². The topological polar surface area (TPSA) is 154 Å². The molecule has 0 radical (unpaired) electrons. The first kappa shape index (κ1) is 28.6. The number of carbonyl (C=O) groups excluding carboxylic acids is 3. The summed E-state index contributed by atoms with van der Waals surface area (Å²) < 4.78 is 5.19. The van der Waals surface area contributed by atoms with E-state index in [1.165, 1.54) is 12.3 Å². The maximum atomic E-state index is 13.0. The molecule has 1 aromatic heterocycles. The lowest BCUT2D eigenvalue weighted by molar-refractivity contribution is -0.384. The van der Waals surface area contributed by atoms with Gasteiger partial charge in [0.25, 0.3) is 17.5 Å². The SMILES string of the molecule is Cc1nc(C(=O)Nc2cc(C(=O)NCCCN3CCCC3=O)ccc2N2CCN(c3ccccc3[N+](=O)[O-])CC2)co1. The molecule has 220 valence electrons. The summed E-state index contributed by atoms with van der Waals surface area (Å²) in [6.07, 6.45) is 3.38. The van der Waals surface area contributed by atoms with Crippen LogP contribution in [0, 0.1) is 17.0 Å². The maximum Gasteiger partial charge on any atom is 0.292 e. The predicted molar refractivity (Wildman–Crippen MR) is 156 cm³/mol. The molecule has 0 unspecified atom stereocenters. The highest BCUT2D eigenvalue weighted by molar-refractivity contribution is 6.06. The van der Waals surface area contributed by atoms with E-state index in [0.717, 1.165) is 18.7 Å². The van der Waals surface area contributed by atoms with Crippen molar-refractivity contribution in [2.24, 2.45) is 0 Å². The highest BCUT2D eigenvalue weighted by Gasteiger charge is 2.26. The van der Waals surface area contributed by atoms with E-state index < -0.39 is 5.91 Å². The maximum absolute atomic E-state index is 13.0. The first-order valence-electron chi connectivity index (χ1n) is 14.0. The predicted octanol–water partition coefficient (Wildman–Crippen LogP) is 3.21. The van der Waals surface area contributed by atoms with Gasteiger partial charge in [-0.1, -0.05) is 12.1 Å². The standard InChI is InChI=1S/C29H33N7O6/c1-20-31-23(19-42-20)29(39)32-22-18-21(28(38)30-11-5-13-35-12-4-8-27(35)37)9-10-24(22)33-14-16-34(17-15-33)25-6-2-3-7-26(25)36(40)41/h2-3,6-7,9-10,18-19H,4-5,8,11-17H2,1H3,(H,30,38)(H,32,39). The summed E-state index contributed by atoms with van der Waals surface area (Å²) >= 11 is 0. The molecular formula is C29H33N7O6. The minimum Gasteiger partial charge on any atom is -0.448 e. The number of carbonyl (C=O) groups is 3. The normalized spacial score (nSPS) is 15.2. The average Bonchev–Trinajstić information content (AvgIpc) is 3.62. The highest BCUT2D eigenvalue weighted by atomic mass is 16.6. The molecule has 3 aromatic rings. The number of nitro groups is 1. The largest absolute Gasteiger partial charge is 0.448 e. The smallest absolute Gasteiger partial charge is 0.292 e. The van der Waals surface area contributed by atoms with E-state index in [1.54, 1.807) is 43.3 Å². The van der Waals surface area contributed by atoms with Crippen LogP contribution in [0.25, 0.3) is 0 Å². The fourth-order valence-electron chi connectivity index (χ4n) is 5.30. The Hall–Kier alpha value is -4.94. The molecule has 3 heterocycles. The minimum absolute atomic E-state index is 0.0594. The molecule has 2 aliphatic heterocycles. The average molecular weight is 576 g/mol. The Balaban J connectivity index is 1.29. The third kappa shape index (κ3) is 6.51. The van der Waals surface area contributed by atoms with E-state index in [4.69, 9.17) is 4.42 Å². The van der Waals surface area contributed by atoms with Crippen molar-refractivity contribution in [3.05, 3.63) is 76.0 Å². The van der Waals surface area contributed by atoms with Crippen molar-refractivity contribution >= 4 is 40.5 Å². The number of hydrogen-bond acceptors (Lipinski definition) is 9. The number of rotatable bonds is 10. The van der Waals surface area contributed by atoms with Crippen LogP contribution in [0.15, 0.2) is 53.1 Å². The minimum atomic E-state index is -0.473. The van der Waals surface area contributed by atoms with Gasteiger partial charge in [0, 0.05) is 70.8 Å². The molecule has 0 bridgehead atoms. The number of nitrogens with one attached hydrogen (secondary N) is 2. The number of nitro benzene ring substituents is 1. The number of piperazine rings is 1. The van der Waals surface area contributed by atoms with E-state index in [1.807, 2.05) is 9.80 Å². The van der Waals surface area contributed by atoms with Crippen LogP contribution < -0.4 is 20.4 Å². The van der Waals surface area contributed by atoms with Gasteiger partial charge in [-0.3, -0.25) is 24.5 Å². The number of benzene rings is 2. The molecule has 0 spiro atoms. The number of para-hydroxylation sites is 2. The van der Waals surface area contributed by atoms with Crippen molar-refractivity contribution in [2.75, 3.05) is 60.9 Å². The zero-order chi connectivity index (χ0) is 29.6. The molecule has 3 amide bonds. The van der Waals surface area contributed by atoms with Crippen molar-refractivity contribution in [1.29, 1.82) is 0 Å². The molecule has 13 heteroatoms. The van der Waals surface area contributed by atoms with Crippen molar-refractivity contribution in [1.82, 2.24) is 15.2 Å². The second-order valence-electron chi connectivity index (χ2n) is 10.3. The van der Waals surface area contributed by atoms with Crippen LogP contribution in [0.3, 0.4) is 0 Å². The lowest BCUT2D eigenvalue weighted by atomic mass is 10.1. The molecule has 2 N–H and O–H groups in total. The Morgan fingerprint density at radius 1 is 1.02 bits per heavy atom. The van der Waals surface area contributed by atoms with Gasteiger partial charge in [-0.15, -0.1) is 0 Å². The van der Waals surface area contributed by atoms with Gasteiger partial charge in [-0.05, 0) is 37.1 Å². The third-order valence-electron chi connectivity index (χ3n) is 7.46. The number of amides is 3. The number of aromatic nitrogens is 1. The van der Waals surface area contributed by atoms with Gasteiger partial charge in [0.15, 0.2) is 11.6 Å². The third-order valence-corrected chi connectivity index (χ3v) is 7.46. The number of likely N-dealkylation sites (tertiary alicyclic amines) is 1. The number of aryl methyl sites for hydroxylation is 1. The molecule has 5 rings (SSSR count). The number of nitrogens with zero attached hydrogens (tertiary/aromatic N) is 5. The lowest BCUT2D eigenvalue weighted by Crippen LogP contribution is -2.47. The summed E-state index contributed by atoms with van der Waals surface area (Å²) in [5.41, 5.74) is 2.28. The molecule has 42 heavy (non-hydrogen) atoms. The number of anilines is 3. The first-order chi connectivity index (χ1) is 20.3. The fourth-order valence-corrected chi connectivity index (χ4v) is 5.30. The van der Waals surface area contributed by atoms with E-state index in [-0.39, 0.29) is 28.1 Å². The van der Waals surface area contributed by atoms with Gasteiger partial charge < -0.3 is 29.8 Å². The summed E-state index contributed by atoms with van der Waals surface area (Å²) in [6.45, 7) is 5.57. The molecule has 2 fully saturated rings. The van der Waals surface area contributed by atoms with Gasteiger partial charge in [0.05, 0.1) is 16.3 Å².